The Hall–Kier alpha value is -3.46. The van der Waals surface area contributed by atoms with Crippen LogP contribution < -0.4 is 5.32 Å². The van der Waals surface area contributed by atoms with Crippen molar-refractivity contribution in [2.45, 2.75) is 32.7 Å². The van der Waals surface area contributed by atoms with Gasteiger partial charge in [-0.05, 0) is 55.5 Å². The highest BCUT2D eigenvalue weighted by Gasteiger charge is 2.34. The highest BCUT2D eigenvalue weighted by molar-refractivity contribution is 6.31. The number of carbonyl (C=O) groups is 1. The van der Waals surface area contributed by atoms with E-state index in [1.165, 1.54) is 17.2 Å². The maximum absolute atomic E-state index is 15.1. The van der Waals surface area contributed by atoms with E-state index in [-0.39, 0.29) is 29.1 Å². The molecule has 0 bridgehead atoms. The first-order valence-electron chi connectivity index (χ1n) is 11.2. The number of carbonyl (C=O) groups excluding carboxylic acids is 1. The smallest absolute Gasteiger partial charge is 0.295 e. The summed E-state index contributed by atoms with van der Waals surface area (Å²) in [4.78, 5) is 21.1. The third-order valence-electron chi connectivity index (χ3n) is 6.35. The van der Waals surface area contributed by atoms with E-state index in [4.69, 9.17) is 16.0 Å². The summed E-state index contributed by atoms with van der Waals surface area (Å²) in [5.74, 6) is -0.536. The summed E-state index contributed by atoms with van der Waals surface area (Å²) in [6.07, 6.45) is 4.77. The van der Waals surface area contributed by atoms with Crippen molar-refractivity contribution >= 4 is 34.6 Å². The summed E-state index contributed by atoms with van der Waals surface area (Å²) >= 11 is 6.05. The molecule has 3 heterocycles. The zero-order valence-electron chi connectivity index (χ0n) is 18.8. The molecular weight excluding hydrogens is 459 g/mol. The average Bonchev–Trinajstić information content (AvgIpc) is 3.49. The summed E-state index contributed by atoms with van der Waals surface area (Å²) in [6.45, 7) is 4.78. The Balaban J connectivity index is 1.43. The Bertz CT molecular complexity index is 1340. The molecular formula is C24H24ClFN6O2. The Morgan fingerprint density at radius 1 is 1.26 bits per heavy atom. The predicted octanol–water partition coefficient (Wildman–Crippen LogP) is 4.86. The number of piperidine rings is 1. The number of aromatic nitrogens is 4. The summed E-state index contributed by atoms with van der Waals surface area (Å²) in [5, 5.41) is 11.9. The zero-order valence-corrected chi connectivity index (χ0v) is 19.6. The minimum Gasteiger partial charge on any atom is -0.424 e. The highest BCUT2D eigenvalue weighted by Crippen LogP contribution is 2.29. The van der Waals surface area contributed by atoms with E-state index >= 15 is 4.39 Å². The lowest BCUT2D eigenvalue weighted by molar-refractivity contribution is 0.0538. The van der Waals surface area contributed by atoms with Gasteiger partial charge in [0.05, 0.1) is 24.0 Å². The van der Waals surface area contributed by atoms with Crippen molar-refractivity contribution in [1.82, 2.24) is 24.9 Å². The van der Waals surface area contributed by atoms with Gasteiger partial charge in [0.15, 0.2) is 11.4 Å². The molecule has 2 aromatic carbocycles. The number of fused-ring (bicyclic) bond motifs is 1. The quantitative estimate of drug-likeness (QED) is 0.437. The van der Waals surface area contributed by atoms with Gasteiger partial charge in [0.25, 0.3) is 11.9 Å². The van der Waals surface area contributed by atoms with Crippen molar-refractivity contribution in [2.24, 2.45) is 5.92 Å². The van der Waals surface area contributed by atoms with Crippen molar-refractivity contribution in [3.05, 3.63) is 64.7 Å². The van der Waals surface area contributed by atoms with Gasteiger partial charge in [-0.3, -0.25) is 4.79 Å². The van der Waals surface area contributed by atoms with Crippen LogP contribution in [0.2, 0.25) is 5.02 Å². The van der Waals surface area contributed by atoms with Crippen LogP contribution in [-0.4, -0.2) is 49.9 Å². The Kier molecular flexibility index (Phi) is 5.95. The molecule has 0 saturated carbocycles. The Labute approximate surface area is 200 Å². The fraction of sp³-hybridized carbons (Fsp3) is 0.333. The lowest BCUT2D eigenvalue weighted by atomic mass is 9.90. The van der Waals surface area contributed by atoms with Crippen LogP contribution in [0, 0.1) is 18.7 Å². The molecule has 1 aliphatic heterocycles. The normalized spacial score (nSPS) is 18.4. The molecule has 4 aromatic rings. The number of nitrogens with one attached hydrogen (secondary N) is 1. The van der Waals surface area contributed by atoms with Gasteiger partial charge in [-0.15, -0.1) is 4.80 Å². The standard InChI is InChI=1S/C24H24ClFN6O2/c1-14-4-3-11-31(19(14)13-27-24-30-18-12-16(25)6-8-20(18)34-24)23(33)17-7-5-15(2)21(26)22(17)32-28-9-10-29-32/h5-10,12,14,19H,3-4,11,13H2,1-2H3,(H,27,30). The van der Waals surface area contributed by atoms with Crippen molar-refractivity contribution in [3.63, 3.8) is 0 Å². The van der Waals surface area contributed by atoms with E-state index < -0.39 is 5.82 Å². The first-order valence-corrected chi connectivity index (χ1v) is 11.6. The fourth-order valence-electron chi connectivity index (χ4n) is 4.50. The molecule has 0 aliphatic carbocycles. The van der Waals surface area contributed by atoms with Gasteiger partial charge in [-0.1, -0.05) is 24.6 Å². The predicted molar refractivity (Wildman–Crippen MR) is 127 cm³/mol. The first kappa shape index (κ1) is 22.3. The minimum atomic E-state index is -0.507. The van der Waals surface area contributed by atoms with Gasteiger partial charge < -0.3 is 14.6 Å². The molecule has 34 heavy (non-hydrogen) atoms. The number of aryl methyl sites for hydroxylation is 1. The minimum absolute atomic E-state index is 0.0655. The van der Waals surface area contributed by atoms with E-state index in [2.05, 4.69) is 27.4 Å². The van der Waals surface area contributed by atoms with Crippen LogP contribution >= 0.6 is 11.6 Å². The molecule has 1 N–H and O–H groups in total. The van der Waals surface area contributed by atoms with Crippen molar-refractivity contribution in [3.8, 4) is 5.69 Å². The second kappa shape index (κ2) is 9.06. The Morgan fingerprint density at radius 3 is 2.85 bits per heavy atom. The summed E-state index contributed by atoms with van der Waals surface area (Å²) in [5.41, 5.74) is 2.00. The van der Waals surface area contributed by atoms with E-state index in [9.17, 15) is 4.79 Å². The number of oxazole rings is 1. The van der Waals surface area contributed by atoms with Crippen molar-refractivity contribution in [2.75, 3.05) is 18.4 Å². The number of nitrogens with zero attached hydrogens (tertiary/aromatic N) is 5. The highest BCUT2D eigenvalue weighted by atomic mass is 35.5. The SMILES string of the molecule is Cc1ccc(C(=O)N2CCCC(C)C2CNc2nc3cc(Cl)ccc3o2)c(-n2nccn2)c1F. The molecule has 2 atom stereocenters. The van der Waals surface area contributed by atoms with E-state index in [0.29, 0.717) is 40.8 Å². The van der Waals surface area contributed by atoms with Crippen LogP contribution in [-0.2, 0) is 0 Å². The number of rotatable bonds is 5. The largest absolute Gasteiger partial charge is 0.424 e. The first-order chi connectivity index (χ1) is 16.4. The molecule has 1 saturated heterocycles. The molecule has 1 fully saturated rings. The zero-order chi connectivity index (χ0) is 23.8. The molecule has 0 spiro atoms. The molecule has 8 nitrogen and oxygen atoms in total. The summed E-state index contributed by atoms with van der Waals surface area (Å²) in [7, 11) is 0. The Morgan fingerprint density at radius 2 is 2.06 bits per heavy atom. The lowest BCUT2D eigenvalue weighted by Gasteiger charge is -2.40. The average molecular weight is 483 g/mol. The molecule has 176 valence electrons. The fourth-order valence-corrected chi connectivity index (χ4v) is 4.67. The number of halogens is 2. The van der Waals surface area contributed by atoms with Gasteiger partial charge in [0.1, 0.15) is 11.2 Å². The molecule has 2 unspecified atom stereocenters. The number of hydrogen-bond donors (Lipinski definition) is 1. The maximum Gasteiger partial charge on any atom is 0.295 e. The van der Waals surface area contributed by atoms with Crippen LogP contribution in [0.1, 0.15) is 35.7 Å². The van der Waals surface area contributed by atoms with Crippen LogP contribution in [0.25, 0.3) is 16.8 Å². The molecule has 10 heteroatoms. The third-order valence-corrected chi connectivity index (χ3v) is 6.58. The van der Waals surface area contributed by atoms with Crippen LogP contribution in [0.5, 0.6) is 0 Å². The number of likely N-dealkylation sites (tertiary alicyclic amines) is 1. The topological polar surface area (TPSA) is 89.1 Å². The van der Waals surface area contributed by atoms with Crippen LogP contribution in [0.15, 0.2) is 47.1 Å². The van der Waals surface area contributed by atoms with Crippen LogP contribution in [0.3, 0.4) is 0 Å². The third kappa shape index (κ3) is 4.11. The number of amides is 1. The summed E-state index contributed by atoms with van der Waals surface area (Å²) in [6, 6.07) is 8.74. The van der Waals surface area contributed by atoms with Gasteiger partial charge in [-0.25, -0.2) is 4.39 Å². The van der Waals surface area contributed by atoms with Crippen LogP contribution in [0.4, 0.5) is 10.4 Å². The van der Waals surface area contributed by atoms with Crippen molar-refractivity contribution < 1.29 is 13.6 Å². The number of hydrogen-bond acceptors (Lipinski definition) is 6. The number of benzene rings is 2. The second-order valence-electron chi connectivity index (χ2n) is 8.61. The number of anilines is 1. The second-order valence-corrected chi connectivity index (χ2v) is 9.04. The van der Waals surface area contributed by atoms with E-state index in [0.717, 1.165) is 12.8 Å². The molecule has 2 aromatic heterocycles. The molecule has 0 radical (unpaired) electrons. The van der Waals surface area contributed by atoms with Gasteiger partial charge in [0, 0.05) is 18.1 Å². The lowest BCUT2D eigenvalue weighted by Crippen LogP contribution is -2.51. The monoisotopic (exact) mass is 482 g/mol. The molecule has 5 rings (SSSR count). The molecule has 1 amide bonds. The molecule has 1 aliphatic rings. The van der Waals surface area contributed by atoms with E-state index in [1.54, 1.807) is 42.2 Å². The van der Waals surface area contributed by atoms with Gasteiger partial charge in [-0.2, -0.15) is 15.2 Å². The van der Waals surface area contributed by atoms with Gasteiger partial charge >= 0.3 is 0 Å². The maximum atomic E-state index is 15.1. The summed E-state index contributed by atoms with van der Waals surface area (Å²) < 4.78 is 20.9. The van der Waals surface area contributed by atoms with Crippen molar-refractivity contribution in [1.29, 1.82) is 0 Å². The van der Waals surface area contributed by atoms with E-state index in [1.807, 2.05) is 0 Å². The van der Waals surface area contributed by atoms with Gasteiger partial charge in [0.2, 0.25) is 0 Å².